The molecule has 4 heteroatoms. The molecule has 4 nitrogen and oxygen atoms in total. The van der Waals surface area contributed by atoms with Crippen LogP contribution in [0.5, 0.6) is 0 Å². The van der Waals surface area contributed by atoms with E-state index in [2.05, 4.69) is 22.1 Å². The second-order valence-corrected chi connectivity index (χ2v) is 7.76. The van der Waals surface area contributed by atoms with Crippen molar-refractivity contribution in [1.82, 2.24) is 0 Å². The van der Waals surface area contributed by atoms with Crippen LogP contribution in [0.3, 0.4) is 0 Å². The summed E-state index contributed by atoms with van der Waals surface area (Å²) in [4.78, 5) is 9.32. The zero-order valence-electron chi connectivity index (χ0n) is 18.2. The van der Waals surface area contributed by atoms with Crippen LogP contribution in [-0.2, 0) is 0 Å². The van der Waals surface area contributed by atoms with E-state index in [-0.39, 0.29) is 0 Å². The van der Waals surface area contributed by atoms with Gasteiger partial charge in [0.05, 0.1) is 34.6 Å². The Morgan fingerprint density at radius 2 is 0.853 bits per heavy atom. The molecule has 0 atom stereocenters. The fourth-order valence-corrected chi connectivity index (χ4v) is 3.94. The fourth-order valence-electron chi connectivity index (χ4n) is 3.94. The van der Waals surface area contributed by atoms with Gasteiger partial charge in [0.15, 0.2) is 0 Å². The number of hydrogen-bond acceptors (Lipinski definition) is 4. The molecule has 0 aliphatic heterocycles. The quantitative estimate of drug-likeness (QED) is 0.280. The average molecular weight is 435 g/mol. The fraction of sp³-hybridized carbons (Fsp3) is 0. The molecule has 34 heavy (non-hydrogen) atoms. The van der Waals surface area contributed by atoms with Crippen LogP contribution >= 0.6 is 0 Å². The van der Waals surface area contributed by atoms with Crippen molar-refractivity contribution in [3.8, 4) is 12.1 Å². The monoisotopic (exact) mass is 434 g/mol. The van der Waals surface area contributed by atoms with Gasteiger partial charge in [-0.15, -0.1) is 0 Å². The molecule has 0 aliphatic rings. The van der Waals surface area contributed by atoms with Crippen molar-refractivity contribution < 1.29 is 0 Å². The summed E-state index contributed by atoms with van der Waals surface area (Å²) >= 11 is 0. The molecule has 0 spiro atoms. The Balaban J connectivity index is 1.39. The Morgan fingerprint density at radius 1 is 0.471 bits per heavy atom. The normalized spacial score (nSPS) is 11.2. The number of benzene rings is 5. The second-order valence-electron chi connectivity index (χ2n) is 7.76. The van der Waals surface area contributed by atoms with Gasteiger partial charge in [-0.25, -0.2) is 0 Å². The van der Waals surface area contributed by atoms with Gasteiger partial charge in [-0.1, -0.05) is 72.8 Å². The van der Waals surface area contributed by atoms with E-state index in [1.54, 1.807) is 12.1 Å². The van der Waals surface area contributed by atoms with Gasteiger partial charge in [-0.2, -0.15) is 10.5 Å². The van der Waals surface area contributed by atoms with Crippen molar-refractivity contribution in [2.45, 2.75) is 0 Å². The minimum Gasteiger partial charge on any atom is -0.256 e. The molecular weight excluding hydrogens is 416 g/mol. The molecule has 0 heterocycles. The smallest absolute Gasteiger partial charge is 0.0998 e. The predicted molar refractivity (Wildman–Crippen MR) is 138 cm³/mol. The third-order valence-electron chi connectivity index (χ3n) is 5.68. The first-order valence-electron chi connectivity index (χ1n) is 10.8. The minimum atomic E-state index is 0.647. The molecule has 0 saturated heterocycles. The molecule has 0 unspecified atom stereocenters. The van der Waals surface area contributed by atoms with Crippen molar-refractivity contribution in [2.24, 2.45) is 9.98 Å². The van der Waals surface area contributed by atoms with Crippen LogP contribution in [-0.4, -0.2) is 12.4 Å². The highest BCUT2D eigenvalue weighted by atomic mass is 14.7. The molecule has 5 aromatic rings. The van der Waals surface area contributed by atoms with Gasteiger partial charge >= 0.3 is 0 Å². The van der Waals surface area contributed by atoms with E-state index < -0.39 is 0 Å². The molecule has 0 bridgehead atoms. The summed E-state index contributed by atoms with van der Waals surface area (Å²) in [7, 11) is 0. The van der Waals surface area contributed by atoms with E-state index in [4.69, 9.17) is 0 Å². The lowest BCUT2D eigenvalue weighted by molar-refractivity contribution is 1.49. The maximum atomic E-state index is 9.34. The summed E-state index contributed by atoms with van der Waals surface area (Å²) in [5.74, 6) is 0. The molecule has 0 amide bonds. The highest BCUT2D eigenvalue weighted by Crippen LogP contribution is 2.29. The highest BCUT2D eigenvalue weighted by Gasteiger charge is 2.05. The van der Waals surface area contributed by atoms with Gasteiger partial charge in [-0.05, 0) is 35.4 Å². The first-order chi connectivity index (χ1) is 16.8. The van der Waals surface area contributed by atoms with Crippen molar-refractivity contribution in [1.29, 1.82) is 10.5 Å². The summed E-state index contributed by atoms with van der Waals surface area (Å²) in [6.07, 6.45) is 3.64. The number of nitrogens with zero attached hydrogens (tertiary/aromatic N) is 4. The van der Waals surface area contributed by atoms with E-state index in [1.165, 1.54) is 0 Å². The van der Waals surface area contributed by atoms with Crippen molar-refractivity contribution in [3.63, 3.8) is 0 Å². The maximum absolute atomic E-state index is 9.34. The van der Waals surface area contributed by atoms with E-state index in [9.17, 15) is 10.5 Å². The largest absolute Gasteiger partial charge is 0.256 e. The van der Waals surface area contributed by atoms with E-state index >= 15 is 0 Å². The van der Waals surface area contributed by atoms with Crippen molar-refractivity contribution in [3.05, 3.63) is 119 Å². The molecule has 0 radical (unpaired) electrons. The van der Waals surface area contributed by atoms with Crippen molar-refractivity contribution in [2.75, 3.05) is 0 Å². The number of nitriles is 2. The Hall–Kier alpha value is -5.06. The summed E-state index contributed by atoms with van der Waals surface area (Å²) in [5.41, 5.74) is 4.88. The Kier molecular flexibility index (Phi) is 5.64. The van der Waals surface area contributed by atoms with Gasteiger partial charge < -0.3 is 0 Å². The maximum Gasteiger partial charge on any atom is 0.0998 e. The molecule has 0 fully saturated rings. The molecule has 0 N–H and O–H groups in total. The first-order valence-corrected chi connectivity index (χ1v) is 10.8. The van der Waals surface area contributed by atoms with Gasteiger partial charge in [0.25, 0.3) is 0 Å². The summed E-state index contributed by atoms with van der Waals surface area (Å²) < 4.78 is 0. The van der Waals surface area contributed by atoms with Crippen LogP contribution in [0.15, 0.2) is 107 Å². The molecular formula is C30H18N4. The minimum absolute atomic E-state index is 0.647. The predicted octanol–water partition coefficient (Wildman–Crippen LogP) is 7.24. The van der Waals surface area contributed by atoms with Crippen molar-refractivity contribution >= 4 is 45.3 Å². The molecule has 5 rings (SSSR count). The third-order valence-corrected chi connectivity index (χ3v) is 5.68. The number of hydrogen-bond donors (Lipinski definition) is 0. The number of rotatable bonds is 4. The van der Waals surface area contributed by atoms with Crippen LogP contribution in [0.25, 0.3) is 21.5 Å². The second kappa shape index (κ2) is 9.20. The van der Waals surface area contributed by atoms with Gasteiger partial charge in [0.1, 0.15) is 0 Å². The number of fused-ring (bicyclic) bond motifs is 2. The lowest BCUT2D eigenvalue weighted by Crippen LogP contribution is -1.86. The number of aliphatic imine (C=N–C) groups is 2. The third kappa shape index (κ3) is 4.05. The highest BCUT2D eigenvalue weighted by molar-refractivity contribution is 5.99. The van der Waals surface area contributed by atoms with Gasteiger partial charge in [0, 0.05) is 34.0 Å². The zero-order chi connectivity index (χ0) is 23.3. The van der Waals surface area contributed by atoms with Crippen LogP contribution in [0.1, 0.15) is 22.3 Å². The molecule has 0 saturated carbocycles. The van der Waals surface area contributed by atoms with E-state index in [1.807, 2.05) is 97.4 Å². The standard InChI is InChI=1S/C30H18N4/c31-17-23-13-15-29(27-7-3-1-5-25(23)27)33-19-21-9-11-22(12-10-21)20-34-30-16-14-24(18-32)26-6-2-4-8-28(26)30/h1-16,19-20H. The average Bonchev–Trinajstić information content (AvgIpc) is 2.91. The van der Waals surface area contributed by atoms with Crippen LogP contribution in [0, 0.1) is 22.7 Å². The lowest BCUT2D eigenvalue weighted by atomic mass is 10.0. The molecule has 158 valence electrons. The van der Waals surface area contributed by atoms with Gasteiger partial charge in [-0.3, -0.25) is 9.98 Å². The first kappa shape index (κ1) is 20.8. The SMILES string of the molecule is N#Cc1ccc(N=Cc2ccc(C=Nc3ccc(C#N)c4ccccc34)cc2)c2ccccc12. The van der Waals surface area contributed by atoms with Crippen LogP contribution in [0.4, 0.5) is 11.4 Å². The molecule has 5 aromatic carbocycles. The molecule has 0 aliphatic carbocycles. The zero-order valence-corrected chi connectivity index (χ0v) is 18.2. The Morgan fingerprint density at radius 3 is 1.24 bits per heavy atom. The lowest BCUT2D eigenvalue weighted by Gasteiger charge is -2.04. The molecule has 0 aromatic heterocycles. The Bertz CT molecular complexity index is 1540. The van der Waals surface area contributed by atoms with E-state index in [0.29, 0.717) is 11.1 Å². The van der Waals surface area contributed by atoms with Gasteiger partial charge in [0.2, 0.25) is 0 Å². The summed E-state index contributed by atoms with van der Waals surface area (Å²) in [5, 5.41) is 22.4. The summed E-state index contributed by atoms with van der Waals surface area (Å²) in [6, 6.07) is 35.4. The van der Waals surface area contributed by atoms with E-state index in [0.717, 1.165) is 44.0 Å². The Labute approximate surface area is 197 Å². The van der Waals surface area contributed by atoms with Crippen LogP contribution in [0.2, 0.25) is 0 Å². The van der Waals surface area contributed by atoms with Crippen LogP contribution < -0.4 is 0 Å². The summed E-state index contributed by atoms with van der Waals surface area (Å²) in [6.45, 7) is 0. The topological polar surface area (TPSA) is 72.3 Å².